The average Bonchev–Trinajstić information content (AvgIpc) is 3.16. The van der Waals surface area contributed by atoms with Gasteiger partial charge < -0.3 is 9.47 Å². The summed E-state index contributed by atoms with van der Waals surface area (Å²) in [6.07, 6.45) is 1.71. The Balaban J connectivity index is 1.57. The quantitative estimate of drug-likeness (QED) is 0.609. The summed E-state index contributed by atoms with van der Waals surface area (Å²) in [5.74, 6) is 0.779. The number of ether oxygens (including phenoxy) is 2. The van der Waals surface area contributed by atoms with Gasteiger partial charge in [-0.3, -0.25) is 14.5 Å². The molecule has 0 saturated carbocycles. The lowest BCUT2D eigenvalue weighted by Crippen LogP contribution is -2.27. The summed E-state index contributed by atoms with van der Waals surface area (Å²) in [5.41, 5.74) is 1.47. The summed E-state index contributed by atoms with van der Waals surface area (Å²) in [5, 5.41) is 0.0947. The largest absolute Gasteiger partial charge is 0.454 e. The Morgan fingerprint density at radius 3 is 2.58 bits per heavy atom. The zero-order valence-corrected chi connectivity index (χ0v) is 16.4. The van der Waals surface area contributed by atoms with Crippen LogP contribution in [0.1, 0.15) is 11.1 Å². The lowest BCUT2D eigenvalue weighted by Gasteiger charge is -2.14. The highest BCUT2D eigenvalue weighted by Crippen LogP contribution is 2.39. The van der Waals surface area contributed by atoms with Crippen molar-refractivity contribution in [3.8, 4) is 11.5 Å². The SMILES string of the molecule is O=C1S/C(=C\c2ccc(Br)cc2)C(=O)N1Cc1cc2c(cc1Cl)OCO2. The van der Waals surface area contributed by atoms with Crippen LogP contribution in [-0.4, -0.2) is 22.8 Å². The molecule has 0 aliphatic carbocycles. The van der Waals surface area contributed by atoms with Crippen molar-refractivity contribution >= 4 is 56.5 Å². The summed E-state index contributed by atoms with van der Waals surface area (Å²) >= 11 is 10.5. The maximum Gasteiger partial charge on any atom is 0.293 e. The van der Waals surface area contributed by atoms with E-state index in [0.717, 1.165) is 21.8 Å². The fourth-order valence-corrected chi connectivity index (χ4v) is 3.91. The molecule has 0 N–H and O–H groups in total. The average molecular weight is 453 g/mol. The Kier molecular flexibility index (Phi) is 4.69. The van der Waals surface area contributed by atoms with Crippen molar-refractivity contribution in [1.82, 2.24) is 4.90 Å². The second-order valence-electron chi connectivity index (χ2n) is 5.62. The summed E-state index contributed by atoms with van der Waals surface area (Å²) in [7, 11) is 0. The van der Waals surface area contributed by atoms with Gasteiger partial charge in [0.1, 0.15) is 0 Å². The van der Waals surface area contributed by atoms with E-state index in [1.165, 1.54) is 4.90 Å². The van der Waals surface area contributed by atoms with Gasteiger partial charge >= 0.3 is 0 Å². The molecule has 1 saturated heterocycles. The number of halogens is 2. The minimum absolute atomic E-state index is 0.0812. The summed E-state index contributed by atoms with van der Waals surface area (Å²) in [6, 6.07) is 10.8. The number of nitrogens with zero attached hydrogens (tertiary/aromatic N) is 1. The Bertz CT molecular complexity index is 945. The predicted octanol–water partition coefficient (Wildman–Crippen LogP) is 5.07. The smallest absolute Gasteiger partial charge is 0.293 e. The molecule has 0 radical (unpaired) electrons. The molecular formula is C18H11BrClNO4S. The van der Waals surface area contributed by atoms with Crippen LogP contribution in [0.4, 0.5) is 4.79 Å². The van der Waals surface area contributed by atoms with Gasteiger partial charge in [0.2, 0.25) is 6.79 Å². The lowest BCUT2D eigenvalue weighted by atomic mass is 10.1. The van der Waals surface area contributed by atoms with Gasteiger partial charge in [-0.05, 0) is 47.2 Å². The fraction of sp³-hybridized carbons (Fsp3) is 0.111. The molecule has 0 aromatic heterocycles. The van der Waals surface area contributed by atoms with E-state index in [0.29, 0.717) is 27.0 Å². The van der Waals surface area contributed by atoms with Crippen molar-refractivity contribution in [2.75, 3.05) is 6.79 Å². The van der Waals surface area contributed by atoms with E-state index >= 15 is 0 Å². The Labute approximate surface area is 167 Å². The number of carbonyl (C=O) groups excluding carboxylic acids is 2. The van der Waals surface area contributed by atoms with Crippen LogP contribution in [0.15, 0.2) is 45.8 Å². The number of amides is 2. The lowest BCUT2D eigenvalue weighted by molar-refractivity contribution is -0.123. The normalized spacial score (nSPS) is 17.5. The Morgan fingerprint density at radius 2 is 1.85 bits per heavy atom. The van der Waals surface area contributed by atoms with Crippen molar-refractivity contribution in [1.29, 1.82) is 0 Å². The molecule has 2 aromatic carbocycles. The van der Waals surface area contributed by atoms with Gasteiger partial charge in [-0.1, -0.05) is 39.7 Å². The number of hydrogen-bond acceptors (Lipinski definition) is 5. The number of hydrogen-bond donors (Lipinski definition) is 0. The van der Waals surface area contributed by atoms with Crippen LogP contribution in [0, 0.1) is 0 Å². The number of thioether (sulfide) groups is 1. The van der Waals surface area contributed by atoms with Gasteiger partial charge in [-0.15, -0.1) is 0 Å². The zero-order valence-electron chi connectivity index (χ0n) is 13.2. The van der Waals surface area contributed by atoms with Crippen LogP contribution in [0.5, 0.6) is 11.5 Å². The number of carbonyl (C=O) groups is 2. The first-order chi connectivity index (χ1) is 12.5. The van der Waals surface area contributed by atoms with E-state index in [4.69, 9.17) is 21.1 Å². The highest BCUT2D eigenvalue weighted by Gasteiger charge is 2.35. The predicted molar refractivity (Wildman–Crippen MR) is 103 cm³/mol. The van der Waals surface area contributed by atoms with Crippen molar-refractivity contribution < 1.29 is 19.1 Å². The van der Waals surface area contributed by atoms with Crippen LogP contribution < -0.4 is 9.47 Å². The van der Waals surface area contributed by atoms with E-state index in [1.54, 1.807) is 18.2 Å². The van der Waals surface area contributed by atoms with E-state index < -0.39 is 0 Å². The standard InChI is InChI=1S/C18H11BrClNO4S/c19-12-3-1-10(2-4-12)5-16-17(22)21(18(23)26-16)8-11-6-14-15(7-13(11)20)25-9-24-14/h1-7H,8-9H2/b16-5-. The molecule has 26 heavy (non-hydrogen) atoms. The van der Waals surface area contributed by atoms with Crippen molar-refractivity contribution in [3.05, 3.63) is 61.9 Å². The van der Waals surface area contributed by atoms with Crippen LogP contribution in [0.25, 0.3) is 6.08 Å². The maximum absolute atomic E-state index is 12.6. The van der Waals surface area contributed by atoms with Crippen LogP contribution >= 0.6 is 39.3 Å². The molecule has 0 unspecified atom stereocenters. The summed E-state index contributed by atoms with van der Waals surface area (Å²) in [4.78, 5) is 26.5. The van der Waals surface area contributed by atoms with E-state index in [9.17, 15) is 9.59 Å². The Hall–Kier alpha value is -1.96. The number of imide groups is 1. The van der Waals surface area contributed by atoms with E-state index in [1.807, 2.05) is 24.3 Å². The topological polar surface area (TPSA) is 55.8 Å². The first-order valence-electron chi connectivity index (χ1n) is 7.60. The third kappa shape index (κ3) is 3.34. The molecule has 5 nitrogen and oxygen atoms in total. The monoisotopic (exact) mass is 451 g/mol. The van der Waals surface area contributed by atoms with Gasteiger partial charge in [-0.25, -0.2) is 0 Å². The van der Waals surface area contributed by atoms with Gasteiger partial charge in [0.05, 0.1) is 11.4 Å². The third-order valence-corrected chi connectivity index (χ3v) is 5.70. The first kappa shape index (κ1) is 17.5. The fourth-order valence-electron chi connectivity index (χ4n) is 2.60. The second-order valence-corrected chi connectivity index (χ2v) is 7.93. The minimum atomic E-state index is -0.336. The van der Waals surface area contributed by atoms with Crippen LogP contribution in [0.2, 0.25) is 5.02 Å². The number of fused-ring (bicyclic) bond motifs is 1. The van der Waals surface area contributed by atoms with E-state index in [-0.39, 0.29) is 24.5 Å². The molecular weight excluding hydrogens is 442 g/mol. The molecule has 0 spiro atoms. The van der Waals surface area contributed by atoms with Crippen molar-refractivity contribution in [3.63, 3.8) is 0 Å². The molecule has 2 amide bonds. The number of rotatable bonds is 3. The molecule has 4 rings (SSSR count). The van der Waals surface area contributed by atoms with Crippen molar-refractivity contribution in [2.45, 2.75) is 6.54 Å². The summed E-state index contributed by atoms with van der Waals surface area (Å²) in [6.45, 7) is 0.213. The van der Waals surface area contributed by atoms with Gasteiger partial charge in [0.25, 0.3) is 11.1 Å². The third-order valence-electron chi connectivity index (χ3n) is 3.91. The molecule has 0 bridgehead atoms. The van der Waals surface area contributed by atoms with Crippen LogP contribution in [-0.2, 0) is 11.3 Å². The molecule has 2 heterocycles. The zero-order chi connectivity index (χ0) is 18.3. The van der Waals surface area contributed by atoms with Gasteiger partial charge in [-0.2, -0.15) is 0 Å². The highest BCUT2D eigenvalue weighted by atomic mass is 79.9. The maximum atomic E-state index is 12.6. The molecule has 2 aliphatic rings. The highest BCUT2D eigenvalue weighted by molar-refractivity contribution is 9.10. The molecule has 8 heteroatoms. The molecule has 2 aliphatic heterocycles. The second kappa shape index (κ2) is 6.98. The molecule has 132 valence electrons. The van der Waals surface area contributed by atoms with Crippen molar-refractivity contribution in [2.24, 2.45) is 0 Å². The minimum Gasteiger partial charge on any atom is -0.454 e. The van der Waals surface area contributed by atoms with E-state index in [2.05, 4.69) is 15.9 Å². The molecule has 1 fully saturated rings. The summed E-state index contributed by atoms with van der Waals surface area (Å²) < 4.78 is 11.5. The van der Waals surface area contributed by atoms with Gasteiger partial charge in [0, 0.05) is 15.6 Å². The number of benzene rings is 2. The first-order valence-corrected chi connectivity index (χ1v) is 9.59. The Morgan fingerprint density at radius 1 is 1.15 bits per heavy atom. The van der Waals surface area contributed by atoms with Gasteiger partial charge in [0.15, 0.2) is 11.5 Å². The molecule has 2 aromatic rings. The van der Waals surface area contributed by atoms with Crippen LogP contribution in [0.3, 0.4) is 0 Å². The molecule has 0 atom stereocenters.